The minimum atomic E-state index is -0.838. The summed E-state index contributed by atoms with van der Waals surface area (Å²) >= 11 is 0. The molecule has 1 saturated carbocycles. The molecule has 196 valence electrons. The third-order valence-electron chi connectivity index (χ3n) is 10.6. The predicted octanol–water partition coefficient (Wildman–Crippen LogP) is 4.57. The van der Waals surface area contributed by atoms with Gasteiger partial charge in [0, 0.05) is 23.0 Å². The van der Waals surface area contributed by atoms with Crippen molar-refractivity contribution in [2.24, 2.45) is 28.6 Å². The smallest absolute Gasteiger partial charge is 0.333 e. The largest absolute Gasteiger partial charge is 0.456 e. The number of rotatable bonds is 2. The van der Waals surface area contributed by atoms with Gasteiger partial charge in [-0.05, 0) is 87.3 Å². The van der Waals surface area contributed by atoms with Gasteiger partial charge in [-0.25, -0.2) is 9.59 Å². The maximum Gasteiger partial charge on any atom is 0.333 e. The van der Waals surface area contributed by atoms with Gasteiger partial charge >= 0.3 is 11.9 Å². The molecule has 3 aliphatic carbocycles. The first kappa shape index (κ1) is 25.5. The molecule has 8 atom stereocenters. The Kier molecular flexibility index (Phi) is 5.96. The molecule has 0 radical (unpaired) electrons. The Balaban J connectivity index is 1.51. The standard InChI is InChI=1S/C30H40O6/c1-16-13-23(31)26(35-27(16)34)17(2)22-15-24(32)30(6)21-9-8-20-18(7-10-25(33)36-28(20,3)4)14-19(21)11-12-29(22,30)5/h7,10,13-14,17,20,22-24,26,31-32H,8-9,11-12,15H2,1-6H3. The molecule has 2 N–H and O–H groups in total. The lowest BCUT2D eigenvalue weighted by Crippen LogP contribution is -2.50. The predicted molar refractivity (Wildman–Crippen MR) is 136 cm³/mol. The number of fused-ring (bicyclic) bond motifs is 3. The molecule has 0 amide bonds. The lowest BCUT2D eigenvalue weighted by Gasteiger charge is -2.53. The molecule has 0 aromatic rings. The van der Waals surface area contributed by atoms with Crippen LogP contribution in [0.5, 0.6) is 0 Å². The number of carbonyl (C=O) groups excluding carboxylic acids is 2. The number of esters is 2. The highest BCUT2D eigenvalue weighted by molar-refractivity contribution is 5.88. The van der Waals surface area contributed by atoms with E-state index in [0.29, 0.717) is 12.0 Å². The number of aliphatic hydroxyl groups excluding tert-OH is 2. The van der Waals surface area contributed by atoms with Crippen LogP contribution >= 0.6 is 0 Å². The van der Waals surface area contributed by atoms with Crippen LogP contribution in [0, 0.1) is 28.6 Å². The van der Waals surface area contributed by atoms with E-state index < -0.39 is 29.3 Å². The molecule has 1 fully saturated rings. The summed E-state index contributed by atoms with van der Waals surface area (Å²) in [5.74, 6) is -0.605. The van der Waals surface area contributed by atoms with Gasteiger partial charge in [-0.2, -0.15) is 0 Å². The van der Waals surface area contributed by atoms with Gasteiger partial charge in [-0.15, -0.1) is 0 Å². The van der Waals surface area contributed by atoms with Crippen LogP contribution in [-0.2, 0) is 19.1 Å². The molecule has 0 spiro atoms. The number of carbonyl (C=O) groups is 2. The zero-order chi connectivity index (χ0) is 26.2. The third kappa shape index (κ3) is 3.59. The van der Waals surface area contributed by atoms with E-state index in [4.69, 9.17) is 9.47 Å². The van der Waals surface area contributed by atoms with Crippen LogP contribution in [0.25, 0.3) is 0 Å². The van der Waals surface area contributed by atoms with Gasteiger partial charge in [0.15, 0.2) is 0 Å². The lowest BCUT2D eigenvalue weighted by molar-refractivity contribution is -0.159. The van der Waals surface area contributed by atoms with Crippen LogP contribution in [0.1, 0.15) is 73.6 Å². The maximum absolute atomic E-state index is 12.3. The van der Waals surface area contributed by atoms with Crippen LogP contribution in [0.15, 0.2) is 46.6 Å². The van der Waals surface area contributed by atoms with Crippen molar-refractivity contribution in [3.8, 4) is 0 Å². The van der Waals surface area contributed by atoms with Crippen LogP contribution < -0.4 is 0 Å². The van der Waals surface area contributed by atoms with E-state index in [-0.39, 0.29) is 35.1 Å². The summed E-state index contributed by atoms with van der Waals surface area (Å²) < 4.78 is 11.5. The first-order valence-electron chi connectivity index (χ1n) is 13.4. The number of ether oxygens (including phenoxy) is 2. The molecular formula is C30H40O6. The monoisotopic (exact) mass is 496 g/mol. The number of cyclic esters (lactones) is 2. The van der Waals surface area contributed by atoms with Crippen molar-refractivity contribution >= 4 is 11.9 Å². The molecule has 0 saturated heterocycles. The highest BCUT2D eigenvalue weighted by atomic mass is 16.6. The second kappa shape index (κ2) is 8.42. The first-order valence-corrected chi connectivity index (χ1v) is 13.4. The van der Waals surface area contributed by atoms with Gasteiger partial charge in [0.1, 0.15) is 17.8 Å². The normalized spacial score (nSPS) is 42.6. The number of hydrogen-bond donors (Lipinski definition) is 2. The van der Waals surface area contributed by atoms with Gasteiger partial charge in [0.25, 0.3) is 0 Å². The van der Waals surface area contributed by atoms with Crippen molar-refractivity contribution in [2.75, 3.05) is 0 Å². The average Bonchev–Trinajstić information content (AvgIpc) is 2.93. The topological polar surface area (TPSA) is 93.1 Å². The minimum absolute atomic E-state index is 0.0840. The Morgan fingerprint density at radius 1 is 1.08 bits per heavy atom. The summed E-state index contributed by atoms with van der Waals surface area (Å²) in [4.78, 5) is 24.5. The Labute approximate surface area is 214 Å². The first-order chi connectivity index (χ1) is 16.8. The van der Waals surface area contributed by atoms with Gasteiger partial charge < -0.3 is 19.7 Å². The van der Waals surface area contributed by atoms with Crippen molar-refractivity contribution in [3.05, 3.63) is 46.6 Å². The molecule has 8 unspecified atom stereocenters. The second-order valence-corrected chi connectivity index (χ2v) is 12.6. The second-order valence-electron chi connectivity index (χ2n) is 12.6. The molecule has 36 heavy (non-hydrogen) atoms. The van der Waals surface area contributed by atoms with Gasteiger partial charge in [-0.1, -0.05) is 38.5 Å². The van der Waals surface area contributed by atoms with Crippen LogP contribution in [0.3, 0.4) is 0 Å². The molecule has 0 aromatic carbocycles. The van der Waals surface area contributed by atoms with E-state index in [1.807, 2.05) is 19.9 Å². The Bertz CT molecular complexity index is 1110. The molecule has 6 heteroatoms. The number of allylic oxidation sites excluding steroid dienone is 3. The molecular weight excluding hydrogens is 456 g/mol. The van der Waals surface area contributed by atoms with Crippen molar-refractivity contribution < 1.29 is 29.3 Å². The van der Waals surface area contributed by atoms with Crippen LogP contribution in [-0.4, -0.2) is 46.1 Å². The molecule has 6 nitrogen and oxygen atoms in total. The highest BCUT2D eigenvalue weighted by Gasteiger charge is 2.64. The SMILES string of the molecule is CC1=CC(O)C(C(C)C2CC(O)C3(C)C4=C(C=C5C=CC(=O)OC(C)(C)C5CC4)CCC23C)OC1=O. The number of hydrogen-bond acceptors (Lipinski definition) is 6. The third-order valence-corrected chi connectivity index (χ3v) is 10.6. The molecule has 2 aliphatic heterocycles. The fraction of sp³-hybridized carbons (Fsp3) is 0.667. The molecule has 0 bridgehead atoms. The Morgan fingerprint density at radius 2 is 1.81 bits per heavy atom. The zero-order valence-electron chi connectivity index (χ0n) is 22.3. The van der Waals surface area contributed by atoms with E-state index in [1.54, 1.807) is 13.0 Å². The average molecular weight is 497 g/mol. The molecule has 5 aliphatic rings. The van der Waals surface area contributed by atoms with Crippen molar-refractivity contribution in [1.82, 2.24) is 0 Å². The van der Waals surface area contributed by atoms with Crippen molar-refractivity contribution in [3.63, 3.8) is 0 Å². The van der Waals surface area contributed by atoms with Crippen LogP contribution in [0.2, 0.25) is 0 Å². The fourth-order valence-electron chi connectivity index (χ4n) is 8.30. The summed E-state index contributed by atoms with van der Waals surface area (Å²) in [6.45, 7) is 12.2. The molecule has 5 rings (SSSR count). The summed E-state index contributed by atoms with van der Waals surface area (Å²) in [7, 11) is 0. The van der Waals surface area contributed by atoms with E-state index in [0.717, 1.165) is 31.3 Å². The fourth-order valence-corrected chi connectivity index (χ4v) is 8.30. The Hall–Kier alpha value is -2.18. The summed E-state index contributed by atoms with van der Waals surface area (Å²) in [5, 5.41) is 22.4. The highest BCUT2D eigenvalue weighted by Crippen LogP contribution is 2.68. The lowest BCUT2D eigenvalue weighted by atomic mass is 9.52. The van der Waals surface area contributed by atoms with E-state index in [2.05, 4.69) is 26.8 Å². The zero-order valence-corrected chi connectivity index (χ0v) is 22.3. The van der Waals surface area contributed by atoms with Crippen LogP contribution in [0.4, 0.5) is 0 Å². The maximum atomic E-state index is 12.3. The molecule has 0 aromatic heterocycles. The summed E-state index contributed by atoms with van der Waals surface area (Å²) in [6.07, 6.45) is 9.40. The van der Waals surface area contributed by atoms with E-state index >= 15 is 0 Å². The van der Waals surface area contributed by atoms with Crippen molar-refractivity contribution in [1.29, 1.82) is 0 Å². The summed E-state index contributed by atoms with van der Waals surface area (Å²) in [6, 6.07) is 0. The Morgan fingerprint density at radius 3 is 2.53 bits per heavy atom. The van der Waals surface area contributed by atoms with Gasteiger partial charge in [0.05, 0.1) is 6.10 Å². The van der Waals surface area contributed by atoms with E-state index in [1.165, 1.54) is 17.2 Å². The van der Waals surface area contributed by atoms with Gasteiger partial charge in [0.2, 0.25) is 0 Å². The number of aliphatic hydroxyl groups is 2. The molecule has 2 heterocycles. The van der Waals surface area contributed by atoms with E-state index in [9.17, 15) is 19.8 Å². The van der Waals surface area contributed by atoms with Gasteiger partial charge in [-0.3, -0.25) is 0 Å². The summed E-state index contributed by atoms with van der Waals surface area (Å²) in [5.41, 5.74) is 2.90. The quantitative estimate of drug-likeness (QED) is 0.544. The van der Waals surface area contributed by atoms with Crippen molar-refractivity contribution in [2.45, 2.75) is 97.6 Å². The minimum Gasteiger partial charge on any atom is -0.456 e.